The van der Waals surface area contributed by atoms with Gasteiger partial charge in [0.25, 0.3) is 5.91 Å². The van der Waals surface area contributed by atoms with Crippen LogP contribution in [0.15, 0.2) is 42.6 Å². The van der Waals surface area contributed by atoms with Crippen molar-refractivity contribution in [1.82, 2.24) is 10.3 Å². The number of anilines is 2. The van der Waals surface area contributed by atoms with E-state index in [1.807, 2.05) is 13.8 Å². The van der Waals surface area contributed by atoms with E-state index < -0.39 is 0 Å². The molecule has 2 aromatic rings. The summed E-state index contributed by atoms with van der Waals surface area (Å²) in [6.07, 6.45) is 1.58. The zero-order valence-corrected chi connectivity index (χ0v) is 12.1. The predicted octanol–water partition coefficient (Wildman–Crippen LogP) is 3.35. The smallest absolute Gasteiger partial charge is 0.269 e. The molecule has 21 heavy (non-hydrogen) atoms. The molecule has 2 N–H and O–H groups in total. The maximum absolute atomic E-state index is 12.8. The second-order valence-corrected chi connectivity index (χ2v) is 5.17. The van der Waals surface area contributed by atoms with Crippen molar-refractivity contribution in [3.05, 3.63) is 54.1 Å². The third-order valence-electron chi connectivity index (χ3n) is 2.80. The van der Waals surface area contributed by atoms with Crippen LogP contribution in [0.25, 0.3) is 0 Å². The van der Waals surface area contributed by atoms with Crippen LogP contribution in [0.2, 0.25) is 0 Å². The minimum absolute atomic E-state index is 0.183. The third-order valence-corrected chi connectivity index (χ3v) is 2.80. The number of benzene rings is 1. The molecule has 0 aliphatic rings. The van der Waals surface area contributed by atoms with Crippen LogP contribution in [0, 0.1) is 11.7 Å². The maximum Gasteiger partial charge on any atom is 0.269 e. The third kappa shape index (κ3) is 4.56. The van der Waals surface area contributed by atoms with Gasteiger partial charge >= 0.3 is 0 Å². The van der Waals surface area contributed by atoms with E-state index in [9.17, 15) is 9.18 Å². The van der Waals surface area contributed by atoms with Gasteiger partial charge in [-0.05, 0) is 42.3 Å². The summed E-state index contributed by atoms with van der Waals surface area (Å²) in [5.41, 5.74) is 1.87. The van der Waals surface area contributed by atoms with Crippen molar-refractivity contribution < 1.29 is 9.18 Å². The Morgan fingerprint density at radius 1 is 1.14 bits per heavy atom. The SMILES string of the molecule is CC(C)CNC(=O)c1ccc(Nc2ccc(F)cc2)cn1. The highest BCUT2D eigenvalue weighted by Crippen LogP contribution is 2.16. The molecule has 0 radical (unpaired) electrons. The average Bonchev–Trinajstić information content (AvgIpc) is 2.48. The van der Waals surface area contributed by atoms with Gasteiger partial charge < -0.3 is 10.6 Å². The molecule has 4 nitrogen and oxygen atoms in total. The number of amides is 1. The van der Waals surface area contributed by atoms with Crippen LogP contribution < -0.4 is 10.6 Å². The second kappa shape index (κ2) is 6.83. The number of nitrogens with zero attached hydrogens (tertiary/aromatic N) is 1. The molecule has 5 heteroatoms. The number of rotatable bonds is 5. The monoisotopic (exact) mass is 287 g/mol. The molecular weight excluding hydrogens is 269 g/mol. The van der Waals surface area contributed by atoms with Crippen LogP contribution in [0.3, 0.4) is 0 Å². The van der Waals surface area contributed by atoms with Crippen LogP contribution in [0.1, 0.15) is 24.3 Å². The van der Waals surface area contributed by atoms with E-state index in [0.29, 0.717) is 18.2 Å². The van der Waals surface area contributed by atoms with E-state index in [0.717, 1.165) is 11.4 Å². The summed E-state index contributed by atoms with van der Waals surface area (Å²) < 4.78 is 12.8. The van der Waals surface area contributed by atoms with Gasteiger partial charge in [-0.25, -0.2) is 9.37 Å². The van der Waals surface area contributed by atoms with Gasteiger partial charge in [-0.15, -0.1) is 0 Å². The summed E-state index contributed by atoms with van der Waals surface area (Å²) in [6.45, 7) is 4.68. The van der Waals surface area contributed by atoms with E-state index in [4.69, 9.17) is 0 Å². The maximum atomic E-state index is 12.8. The van der Waals surface area contributed by atoms with Crippen molar-refractivity contribution in [2.75, 3.05) is 11.9 Å². The lowest BCUT2D eigenvalue weighted by Gasteiger charge is -2.08. The Hall–Kier alpha value is -2.43. The Morgan fingerprint density at radius 3 is 2.38 bits per heavy atom. The number of hydrogen-bond acceptors (Lipinski definition) is 3. The fourth-order valence-corrected chi connectivity index (χ4v) is 1.69. The molecule has 0 atom stereocenters. The van der Waals surface area contributed by atoms with Gasteiger partial charge in [0.1, 0.15) is 11.5 Å². The van der Waals surface area contributed by atoms with Gasteiger partial charge in [-0.3, -0.25) is 4.79 Å². The molecule has 1 aromatic carbocycles. The first-order chi connectivity index (χ1) is 10.0. The Morgan fingerprint density at radius 2 is 1.81 bits per heavy atom. The largest absolute Gasteiger partial charge is 0.354 e. The molecule has 0 aliphatic heterocycles. The minimum atomic E-state index is -0.282. The molecule has 0 aliphatic carbocycles. The summed E-state index contributed by atoms with van der Waals surface area (Å²) >= 11 is 0. The van der Waals surface area contributed by atoms with Crippen LogP contribution in [0.4, 0.5) is 15.8 Å². The van der Waals surface area contributed by atoms with Crippen LogP contribution >= 0.6 is 0 Å². The predicted molar refractivity (Wildman–Crippen MR) is 81.1 cm³/mol. The number of nitrogens with one attached hydrogen (secondary N) is 2. The first kappa shape index (κ1) is 15.0. The fraction of sp³-hybridized carbons (Fsp3) is 0.250. The average molecular weight is 287 g/mol. The van der Waals surface area contributed by atoms with E-state index >= 15 is 0 Å². The molecular formula is C16H18FN3O. The number of carbonyl (C=O) groups is 1. The normalized spacial score (nSPS) is 10.5. The Labute approximate surface area is 123 Å². The zero-order valence-electron chi connectivity index (χ0n) is 12.1. The van der Waals surface area contributed by atoms with Crippen molar-refractivity contribution in [3.8, 4) is 0 Å². The van der Waals surface area contributed by atoms with Crippen molar-refractivity contribution in [2.45, 2.75) is 13.8 Å². The molecule has 0 unspecified atom stereocenters. The zero-order chi connectivity index (χ0) is 15.2. The number of aromatic nitrogens is 1. The van der Waals surface area contributed by atoms with Gasteiger partial charge in [0, 0.05) is 12.2 Å². The van der Waals surface area contributed by atoms with E-state index in [1.54, 1.807) is 30.5 Å². The minimum Gasteiger partial charge on any atom is -0.354 e. The van der Waals surface area contributed by atoms with Gasteiger partial charge in [-0.1, -0.05) is 13.8 Å². The summed E-state index contributed by atoms with van der Waals surface area (Å²) in [7, 11) is 0. The molecule has 0 spiro atoms. The van der Waals surface area contributed by atoms with Crippen molar-refractivity contribution >= 4 is 17.3 Å². The van der Waals surface area contributed by atoms with Crippen molar-refractivity contribution in [2.24, 2.45) is 5.92 Å². The Bertz CT molecular complexity index is 594. The van der Waals surface area contributed by atoms with E-state index in [2.05, 4.69) is 15.6 Å². The number of halogens is 1. The highest BCUT2D eigenvalue weighted by molar-refractivity contribution is 5.92. The molecule has 110 valence electrons. The van der Waals surface area contributed by atoms with Crippen LogP contribution in [0.5, 0.6) is 0 Å². The highest BCUT2D eigenvalue weighted by Gasteiger charge is 2.07. The molecule has 0 fully saturated rings. The summed E-state index contributed by atoms with van der Waals surface area (Å²) in [5, 5.41) is 5.90. The lowest BCUT2D eigenvalue weighted by molar-refractivity contribution is 0.0944. The topological polar surface area (TPSA) is 54.0 Å². The molecule has 1 amide bonds. The van der Waals surface area contributed by atoms with E-state index in [1.165, 1.54) is 12.1 Å². The Balaban J connectivity index is 1.98. The number of carbonyl (C=O) groups excluding carboxylic acids is 1. The lowest BCUT2D eigenvalue weighted by atomic mass is 10.2. The van der Waals surface area contributed by atoms with Gasteiger partial charge in [0.05, 0.1) is 11.9 Å². The van der Waals surface area contributed by atoms with Crippen LogP contribution in [-0.2, 0) is 0 Å². The second-order valence-electron chi connectivity index (χ2n) is 5.17. The van der Waals surface area contributed by atoms with Gasteiger partial charge in [0.15, 0.2) is 0 Å². The summed E-state index contributed by atoms with van der Waals surface area (Å²) in [5.74, 6) is -0.0683. The Kier molecular flexibility index (Phi) is 4.87. The molecule has 1 heterocycles. The molecule has 1 aromatic heterocycles. The lowest BCUT2D eigenvalue weighted by Crippen LogP contribution is -2.27. The van der Waals surface area contributed by atoms with Crippen LogP contribution in [-0.4, -0.2) is 17.4 Å². The standard InChI is InChI=1S/C16H18FN3O/c1-11(2)9-19-16(21)15-8-7-14(10-18-15)20-13-5-3-12(17)4-6-13/h3-8,10-11,20H,9H2,1-2H3,(H,19,21). The molecule has 2 rings (SSSR count). The first-order valence-electron chi connectivity index (χ1n) is 6.81. The summed E-state index contributed by atoms with van der Waals surface area (Å²) in [4.78, 5) is 15.9. The van der Waals surface area contributed by atoms with E-state index in [-0.39, 0.29) is 11.7 Å². The quantitative estimate of drug-likeness (QED) is 0.886. The first-order valence-corrected chi connectivity index (χ1v) is 6.81. The number of hydrogen-bond donors (Lipinski definition) is 2. The summed E-state index contributed by atoms with van der Waals surface area (Å²) in [6, 6.07) is 9.45. The highest BCUT2D eigenvalue weighted by atomic mass is 19.1. The van der Waals surface area contributed by atoms with Gasteiger partial charge in [0.2, 0.25) is 0 Å². The van der Waals surface area contributed by atoms with Crippen molar-refractivity contribution in [3.63, 3.8) is 0 Å². The van der Waals surface area contributed by atoms with Gasteiger partial charge in [-0.2, -0.15) is 0 Å². The molecule has 0 saturated heterocycles. The van der Waals surface area contributed by atoms with Crippen molar-refractivity contribution in [1.29, 1.82) is 0 Å². The fourth-order valence-electron chi connectivity index (χ4n) is 1.69. The molecule has 0 bridgehead atoms. The number of pyridine rings is 1. The molecule has 0 saturated carbocycles.